The number of nitrogens with two attached hydrogens (primary N) is 1. The highest BCUT2D eigenvalue weighted by atomic mass is 16.5. The van der Waals surface area contributed by atoms with E-state index in [1.54, 1.807) is 0 Å². The summed E-state index contributed by atoms with van der Waals surface area (Å²) in [5, 5.41) is 2.98. The SMILES string of the molecule is COC(CN)C(=O)NCC(C1CC1)C1CC1. The standard InChI is InChI=1S/C12H22N2O2/c1-16-11(6-13)12(15)14-7-10(8-2-3-8)9-4-5-9/h8-11H,2-7,13H2,1H3,(H,14,15). The molecule has 0 radical (unpaired) electrons. The van der Waals surface area contributed by atoms with E-state index in [-0.39, 0.29) is 12.5 Å². The molecular weight excluding hydrogens is 204 g/mol. The van der Waals surface area contributed by atoms with Crippen molar-refractivity contribution >= 4 is 5.91 Å². The van der Waals surface area contributed by atoms with Crippen molar-refractivity contribution < 1.29 is 9.53 Å². The van der Waals surface area contributed by atoms with Crippen molar-refractivity contribution in [2.24, 2.45) is 23.5 Å². The summed E-state index contributed by atoms with van der Waals surface area (Å²) in [5.74, 6) is 2.38. The first-order chi connectivity index (χ1) is 7.76. The summed E-state index contributed by atoms with van der Waals surface area (Å²) in [5.41, 5.74) is 5.45. The number of carbonyl (C=O) groups is 1. The van der Waals surface area contributed by atoms with Crippen LogP contribution in [0.15, 0.2) is 0 Å². The number of nitrogens with one attached hydrogen (secondary N) is 1. The highest BCUT2D eigenvalue weighted by Crippen LogP contribution is 2.48. The van der Waals surface area contributed by atoms with Crippen molar-refractivity contribution in [2.45, 2.75) is 31.8 Å². The zero-order valence-electron chi connectivity index (χ0n) is 9.95. The van der Waals surface area contributed by atoms with Crippen LogP contribution in [-0.2, 0) is 9.53 Å². The average molecular weight is 226 g/mol. The van der Waals surface area contributed by atoms with Crippen LogP contribution in [0.4, 0.5) is 0 Å². The second kappa shape index (κ2) is 5.15. The van der Waals surface area contributed by atoms with Gasteiger partial charge in [0.05, 0.1) is 0 Å². The van der Waals surface area contributed by atoms with Crippen molar-refractivity contribution in [2.75, 3.05) is 20.2 Å². The first-order valence-electron chi connectivity index (χ1n) is 6.26. The van der Waals surface area contributed by atoms with E-state index in [2.05, 4.69) is 5.32 Å². The van der Waals surface area contributed by atoms with Gasteiger partial charge >= 0.3 is 0 Å². The summed E-state index contributed by atoms with van der Waals surface area (Å²) in [6.07, 6.45) is 4.91. The minimum absolute atomic E-state index is 0.0590. The molecule has 2 saturated carbocycles. The lowest BCUT2D eigenvalue weighted by Gasteiger charge is -2.18. The lowest BCUT2D eigenvalue weighted by molar-refractivity contribution is -0.130. The lowest BCUT2D eigenvalue weighted by Crippen LogP contribution is -2.42. The zero-order valence-corrected chi connectivity index (χ0v) is 9.95. The molecule has 1 atom stereocenters. The lowest BCUT2D eigenvalue weighted by atomic mass is 9.98. The van der Waals surface area contributed by atoms with Gasteiger partial charge in [0.15, 0.2) is 0 Å². The maximum atomic E-state index is 11.7. The Balaban J connectivity index is 1.74. The van der Waals surface area contributed by atoms with Gasteiger partial charge in [-0.25, -0.2) is 0 Å². The van der Waals surface area contributed by atoms with Gasteiger partial charge in [-0.05, 0) is 43.4 Å². The van der Waals surface area contributed by atoms with Gasteiger partial charge in [0.25, 0.3) is 0 Å². The molecule has 0 aromatic carbocycles. The minimum atomic E-state index is -0.487. The van der Waals surface area contributed by atoms with E-state index in [0.717, 1.165) is 18.4 Å². The molecular formula is C12H22N2O2. The molecule has 0 aromatic rings. The smallest absolute Gasteiger partial charge is 0.250 e. The molecule has 0 heterocycles. The van der Waals surface area contributed by atoms with Crippen LogP contribution in [0.1, 0.15) is 25.7 Å². The third-order valence-electron chi connectivity index (χ3n) is 3.76. The van der Waals surface area contributed by atoms with Crippen LogP contribution in [0.25, 0.3) is 0 Å². The second-order valence-electron chi connectivity index (χ2n) is 5.04. The van der Waals surface area contributed by atoms with E-state index in [1.165, 1.54) is 32.8 Å². The Labute approximate surface area is 96.9 Å². The summed E-state index contributed by atoms with van der Waals surface area (Å²) in [6.45, 7) is 1.06. The highest BCUT2D eigenvalue weighted by Gasteiger charge is 2.41. The summed E-state index contributed by atoms with van der Waals surface area (Å²) in [7, 11) is 1.52. The first-order valence-corrected chi connectivity index (χ1v) is 6.26. The Morgan fingerprint density at radius 1 is 1.38 bits per heavy atom. The fourth-order valence-electron chi connectivity index (χ4n) is 2.41. The molecule has 2 rings (SSSR count). The van der Waals surface area contributed by atoms with Crippen LogP contribution in [0.3, 0.4) is 0 Å². The highest BCUT2D eigenvalue weighted by molar-refractivity contribution is 5.80. The van der Waals surface area contributed by atoms with Gasteiger partial charge < -0.3 is 15.8 Å². The van der Waals surface area contributed by atoms with Gasteiger partial charge in [-0.2, -0.15) is 0 Å². The van der Waals surface area contributed by atoms with E-state index >= 15 is 0 Å². The molecule has 2 aliphatic carbocycles. The van der Waals surface area contributed by atoms with Crippen molar-refractivity contribution in [1.29, 1.82) is 0 Å². The van der Waals surface area contributed by atoms with Crippen molar-refractivity contribution in [3.8, 4) is 0 Å². The van der Waals surface area contributed by atoms with Crippen molar-refractivity contribution in [3.05, 3.63) is 0 Å². The first kappa shape index (κ1) is 11.9. The largest absolute Gasteiger partial charge is 0.370 e. The molecule has 1 amide bonds. The molecule has 0 aliphatic heterocycles. The zero-order chi connectivity index (χ0) is 11.5. The van der Waals surface area contributed by atoms with E-state index < -0.39 is 6.10 Å². The van der Waals surface area contributed by atoms with Gasteiger partial charge in [0.1, 0.15) is 6.10 Å². The van der Waals surface area contributed by atoms with Crippen LogP contribution in [0.2, 0.25) is 0 Å². The minimum Gasteiger partial charge on any atom is -0.370 e. The van der Waals surface area contributed by atoms with Gasteiger partial charge in [-0.1, -0.05) is 0 Å². The van der Waals surface area contributed by atoms with E-state index in [4.69, 9.17) is 10.5 Å². The molecule has 0 bridgehead atoms. The molecule has 4 heteroatoms. The number of rotatable bonds is 7. The molecule has 2 fully saturated rings. The van der Waals surface area contributed by atoms with Crippen molar-refractivity contribution in [3.63, 3.8) is 0 Å². The van der Waals surface area contributed by atoms with Gasteiger partial charge in [-0.15, -0.1) is 0 Å². The Morgan fingerprint density at radius 3 is 2.31 bits per heavy atom. The van der Waals surface area contributed by atoms with Gasteiger partial charge in [0, 0.05) is 20.2 Å². The van der Waals surface area contributed by atoms with Gasteiger partial charge in [-0.3, -0.25) is 4.79 Å². The maximum absolute atomic E-state index is 11.7. The molecule has 92 valence electrons. The number of ether oxygens (including phenoxy) is 1. The Morgan fingerprint density at radius 2 is 1.94 bits per heavy atom. The third kappa shape index (κ3) is 2.95. The van der Waals surface area contributed by atoms with E-state index in [0.29, 0.717) is 5.92 Å². The monoisotopic (exact) mass is 226 g/mol. The number of hydrogen-bond donors (Lipinski definition) is 2. The predicted octanol–water partition coefficient (Wildman–Crippen LogP) is 0.513. The van der Waals surface area contributed by atoms with E-state index in [1.807, 2.05) is 0 Å². The Bertz CT molecular complexity index is 233. The summed E-state index contributed by atoms with van der Waals surface area (Å²) in [6, 6.07) is 0. The van der Waals surface area contributed by atoms with Gasteiger partial charge in [0.2, 0.25) is 5.91 Å². The predicted molar refractivity (Wildman–Crippen MR) is 61.8 cm³/mol. The van der Waals surface area contributed by atoms with Crippen LogP contribution in [-0.4, -0.2) is 32.2 Å². The number of carbonyl (C=O) groups excluding carboxylic acids is 1. The molecule has 2 aliphatic rings. The van der Waals surface area contributed by atoms with Crippen LogP contribution in [0, 0.1) is 17.8 Å². The number of amides is 1. The molecule has 0 saturated heterocycles. The molecule has 3 N–H and O–H groups in total. The maximum Gasteiger partial charge on any atom is 0.250 e. The fourth-order valence-corrected chi connectivity index (χ4v) is 2.41. The van der Waals surface area contributed by atoms with Crippen LogP contribution in [0.5, 0.6) is 0 Å². The molecule has 4 nitrogen and oxygen atoms in total. The van der Waals surface area contributed by atoms with Crippen molar-refractivity contribution in [1.82, 2.24) is 5.32 Å². The summed E-state index contributed by atoms with van der Waals surface area (Å²) in [4.78, 5) is 11.7. The fraction of sp³-hybridized carbons (Fsp3) is 0.917. The number of hydrogen-bond acceptors (Lipinski definition) is 3. The summed E-state index contributed by atoms with van der Waals surface area (Å²) >= 11 is 0. The normalized spacial score (nSPS) is 22.2. The van der Waals surface area contributed by atoms with E-state index in [9.17, 15) is 4.79 Å². The van der Waals surface area contributed by atoms with Crippen LogP contribution >= 0.6 is 0 Å². The summed E-state index contributed by atoms with van der Waals surface area (Å²) < 4.78 is 5.01. The topological polar surface area (TPSA) is 64.3 Å². The second-order valence-corrected chi connectivity index (χ2v) is 5.04. The quantitative estimate of drug-likeness (QED) is 0.665. The van der Waals surface area contributed by atoms with Crippen LogP contribution < -0.4 is 11.1 Å². The molecule has 16 heavy (non-hydrogen) atoms. The molecule has 0 aromatic heterocycles. The number of methoxy groups -OCH3 is 1. The Hall–Kier alpha value is -0.610. The average Bonchev–Trinajstić information content (AvgIpc) is 3.14. The molecule has 0 spiro atoms. The third-order valence-corrected chi connectivity index (χ3v) is 3.76. The Kier molecular flexibility index (Phi) is 3.82. The molecule has 1 unspecified atom stereocenters.